The highest BCUT2D eigenvalue weighted by Crippen LogP contribution is 2.45. The first kappa shape index (κ1) is 23.4. The molecule has 3 aromatic rings. The van der Waals surface area contributed by atoms with Gasteiger partial charge in [0.2, 0.25) is 0 Å². The van der Waals surface area contributed by atoms with E-state index in [0.717, 1.165) is 37.9 Å². The third-order valence-electron chi connectivity index (χ3n) is 6.68. The standard InChI is InChI=1S/C28H28BrNO3/c1-16-6-7-17(2)21(10-16)15-30-25-9-8-22(29)13-24(25)28(33,27(30)32)14-26(31)23-12-19(4)18(3)11-20(23)5/h6-13,33H,14-15H2,1-5H3. The first-order valence-electron chi connectivity index (χ1n) is 11.0. The van der Waals surface area contributed by atoms with Crippen molar-refractivity contribution in [2.45, 2.75) is 53.2 Å². The minimum absolute atomic E-state index is 0.244. The lowest BCUT2D eigenvalue weighted by atomic mass is 9.86. The van der Waals surface area contributed by atoms with Crippen LogP contribution in [0.25, 0.3) is 0 Å². The van der Waals surface area contributed by atoms with Crippen molar-refractivity contribution in [1.82, 2.24) is 0 Å². The lowest BCUT2D eigenvalue weighted by Crippen LogP contribution is -2.41. The number of rotatable bonds is 5. The topological polar surface area (TPSA) is 57.6 Å². The number of aryl methyl sites for hydroxylation is 5. The first-order chi connectivity index (χ1) is 15.5. The Labute approximate surface area is 203 Å². The zero-order valence-corrected chi connectivity index (χ0v) is 21.2. The molecule has 3 aromatic carbocycles. The summed E-state index contributed by atoms with van der Waals surface area (Å²) in [5.41, 5.74) is 5.87. The van der Waals surface area contributed by atoms with Gasteiger partial charge in [-0.2, -0.15) is 0 Å². The van der Waals surface area contributed by atoms with Crippen molar-refractivity contribution in [2.24, 2.45) is 0 Å². The summed E-state index contributed by atoms with van der Waals surface area (Å²) >= 11 is 3.46. The monoisotopic (exact) mass is 505 g/mol. The summed E-state index contributed by atoms with van der Waals surface area (Å²) < 4.78 is 0.746. The van der Waals surface area contributed by atoms with Gasteiger partial charge in [-0.15, -0.1) is 0 Å². The van der Waals surface area contributed by atoms with Crippen molar-refractivity contribution in [3.8, 4) is 0 Å². The van der Waals surface area contributed by atoms with E-state index in [2.05, 4.69) is 22.0 Å². The van der Waals surface area contributed by atoms with Crippen LogP contribution in [0.5, 0.6) is 0 Å². The van der Waals surface area contributed by atoms with Gasteiger partial charge in [0.25, 0.3) is 5.91 Å². The van der Waals surface area contributed by atoms with Crippen molar-refractivity contribution >= 4 is 33.3 Å². The summed E-state index contributed by atoms with van der Waals surface area (Å²) in [6.45, 7) is 10.2. The third-order valence-corrected chi connectivity index (χ3v) is 7.18. The smallest absolute Gasteiger partial charge is 0.264 e. The molecular weight excluding hydrogens is 478 g/mol. The molecule has 170 valence electrons. The summed E-state index contributed by atoms with van der Waals surface area (Å²) in [6.07, 6.45) is -0.304. The Kier molecular flexibility index (Phi) is 6.06. The second-order valence-electron chi connectivity index (χ2n) is 9.19. The van der Waals surface area contributed by atoms with Crippen molar-refractivity contribution in [1.29, 1.82) is 0 Å². The summed E-state index contributed by atoms with van der Waals surface area (Å²) in [5, 5.41) is 11.7. The molecule has 0 saturated heterocycles. The predicted octanol–water partition coefficient (Wildman–Crippen LogP) is 6.00. The van der Waals surface area contributed by atoms with Gasteiger partial charge in [-0.3, -0.25) is 9.59 Å². The van der Waals surface area contributed by atoms with E-state index in [1.54, 1.807) is 11.0 Å². The quantitative estimate of drug-likeness (QED) is 0.432. The Morgan fingerprint density at radius 1 is 0.909 bits per heavy atom. The van der Waals surface area contributed by atoms with Crippen LogP contribution in [-0.2, 0) is 16.9 Å². The van der Waals surface area contributed by atoms with Crippen molar-refractivity contribution in [3.05, 3.63) is 97.5 Å². The predicted molar refractivity (Wildman–Crippen MR) is 135 cm³/mol. The van der Waals surface area contributed by atoms with Crippen molar-refractivity contribution < 1.29 is 14.7 Å². The highest BCUT2D eigenvalue weighted by molar-refractivity contribution is 9.10. The van der Waals surface area contributed by atoms with Gasteiger partial charge in [0.1, 0.15) is 0 Å². The molecule has 0 saturated carbocycles. The van der Waals surface area contributed by atoms with Gasteiger partial charge in [-0.1, -0.05) is 45.8 Å². The average Bonchev–Trinajstić information content (AvgIpc) is 2.94. The van der Waals surface area contributed by atoms with E-state index in [9.17, 15) is 14.7 Å². The number of halogens is 1. The van der Waals surface area contributed by atoms with Crippen LogP contribution in [0.4, 0.5) is 5.69 Å². The molecule has 1 heterocycles. The van der Waals surface area contributed by atoms with Gasteiger partial charge in [0.15, 0.2) is 11.4 Å². The van der Waals surface area contributed by atoms with Gasteiger partial charge >= 0.3 is 0 Å². The van der Waals surface area contributed by atoms with E-state index >= 15 is 0 Å². The fraction of sp³-hybridized carbons (Fsp3) is 0.286. The number of fused-ring (bicyclic) bond motifs is 1. The number of hydrogen-bond donors (Lipinski definition) is 1. The molecule has 1 unspecified atom stereocenters. The fourth-order valence-electron chi connectivity index (χ4n) is 4.58. The normalized spacial score (nSPS) is 17.4. The Morgan fingerprint density at radius 3 is 2.33 bits per heavy atom. The molecule has 4 nitrogen and oxygen atoms in total. The maximum Gasteiger partial charge on any atom is 0.264 e. The van der Waals surface area contributed by atoms with Crippen LogP contribution in [0.2, 0.25) is 0 Å². The zero-order chi connectivity index (χ0) is 24.1. The molecule has 5 heteroatoms. The molecule has 0 aliphatic carbocycles. The maximum atomic E-state index is 13.7. The zero-order valence-electron chi connectivity index (χ0n) is 19.6. The second kappa shape index (κ2) is 8.54. The Morgan fingerprint density at radius 2 is 1.61 bits per heavy atom. The molecule has 0 bridgehead atoms. The number of anilines is 1. The van der Waals surface area contributed by atoms with E-state index in [-0.39, 0.29) is 12.2 Å². The Bertz CT molecular complexity index is 1300. The number of carbonyl (C=O) groups is 2. The minimum atomic E-state index is -1.92. The molecular formula is C28H28BrNO3. The van der Waals surface area contributed by atoms with Crippen molar-refractivity contribution in [2.75, 3.05) is 4.90 Å². The van der Waals surface area contributed by atoms with E-state index in [4.69, 9.17) is 0 Å². The Hall–Kier alpha value is -2.76. The van der Waals surface area contributed by atoms with E-state index < -0.39 is 11.5 Å². The number of hydrogen-bond acceptors (Lipinski definition) is 3. The molecule has 0 radical (unpaired) electrons. The number of ketones is 1. The fourth-order valence-corrected chi connectivity index (χ4v) is 4.94. The maximum absolute atomic E-state index is 13.7. The molecule has 1 N–H and O–H groups in total. The summed E-state index contributed by atoms with van der Waals surface area (Å²) in [4.78, 5) is 28.6. The summed E-state index contributed by atoms with van der Waals surface area (Å²) in [6, 6.07) is 15.4. The van der Waals surface area contributed by atoms with E-state index in [1.807, 2.05) is 71.0 Å². The average molecular weight is 506 g/mol. The van der Waals surface area contributed by atoms with E-state index in [1.165, 1.54) is 0 Å². The van der Waals surface area contributed by atoms with Gasteiger partial charge in [0, 0.05) is 15.6 Å². The molecule has 4 rings (SSSR count). The van der Waals surface area contributed by atoms with Crippen LogP contribution in [-0.4, -0.2) is 16.8 Å². The molecule has 1 aliphatic heterocycles. The molecule has 0 aromatic heterocycles. The highest BCUT2D eigenvalue weighted by atomic mass is 79.9. The molecule has 1 aliphatic rings. The summed E-state index contributed by atoms with van der Waals surface area (Å²) in [7, 11) is 0. The van der Waals surface area contributed by atoms with Gasteiger partial charge in [-0.05, 0) is 86.7 Å². The lowest BCUT2D eigenvalue weighted by Gasteiger charge is -2.24. The molecule has 1 amide bonds. The number of nitrogens with zero attached hydrogens (tertiary/aromatic N) is 1. The summed E-state index contributed by atoms with van der Waals surface area (Å²) in [5.74, 6) is -0.711. The SMILES string of the molecule is Cc1ccc(C)c(CN2C(=O)C(O)(CC(=O)c3cc(C)c(C)cc3C)c3cc(Br)ccc32)c1. The second-order valence-corrected chi connectivity index (χ2v) is 10.1. The third kappa shape index (κ3) is 4.16. The van der Waals surface area contributed by atoms with Gasteiger partial charge < -0.3 is 10.0 Å². The van der Waals surface area contributed by atoms with Crippen LogP contribution >= 0.6 is 15.9 Å². The Balaban J connectivity index is 1.75. The van der Waals surface area contributed by atoms with Gasteiger partial charge in [-0.25, -0.2) is 0 Å². The first-order valence-corrected chi connectivity index (χ1v) is 11.8. The number of aliphatic hydroxyl groups is 1. The van der Waals surface area contributed by atoms with Crippen LogP contribution < -0.4 is 4.90 Å². The largest absolute Gasteiger partial charge is 0.375 e. The minimum Gasteiger partial charge on any atom is -0.375 e. The lowest BCUT2D eigenvalue weighted by molar-refractivity contribution is -0.136. The number of carbonyl (C=O) groups excluding carboxylic acids is 2. The van der Waals surface area contributed by atoms with Crippen LogP contribution in [0.1, 0.15) is 55.7 Å². The van der Waals surface area contributed by atoms with Crippen LogP contribution in [0.15, 0.2) is 53.0 Å². The molecule has 33 heavy (non-hydrogen) atoms. The van der Waals surface area contributed by atoms with E-state index in [0.29, 0.717) is 23.4 Å². The van der Waals surface area contributed by atoms with Crippen LogP contribution in [0.3, 0.4) is 0 Å². The molecule has 0 spiro atoms. The molecule has 1 atom stereocenters. The number of amides is 1. The van der Waals surface area contributed by atoms with Crippen LogP contribution in [0, 0.1) is 34.6 Å². The highest BCUT2D eigenvalue weighted by Gasteiger charge is 2.51. The number of benzene rings is 3. The van der Waals surface area contributed by atoms with Gasteiger partial charge in [0.05, 0.1) is 18.7 Å². The molecule has 0 fully saturated rings. The van der Waals surface area contributed by atoms with Crippen molar-refractivity contribution in [3.63, 3.8) is 0 Å². The number of Topliss-reactive ketones (excluding diaryl/α,β-unsaturated/α-hetero) is 1.